The van der Waals surface area contributed by atoms with E-state index < -0.39 is 0 Å². The van der Waals surface area contributed by atoms with Crippen molar-refractivity contribution in [2.24, 2.45) is 0 Å². The van der Waals surface area contributed by atoms with E-state index in [0.29, 0.717) is 12.1 Å². The Morgan fingerprint density at radius 3 is 3.29 bits per heavy atom. The van der Waals surface area contributed by atoms with Crippen LogP contribution >= 0.6 is 11.3 Å². The van der Waals surface area contributed by atoms with Crippen molar-refractivity contribution < 1.29 is 4.74 Å². The van der Waals surface area contributed by atoms with E-state index in [1.165, 1.54) is 12.8 Å². The quantitative estimate of drug-likeness (QED) is 0.832. The number of ether oxygens (including phenoxy) is 1. The average Bonchev–Trinajstić information content (AvgIpc) is 2.72. The third kappa shape index (κ3) is 2.53. The fourth-order valence-corrected chi connectivity index (χ4v) is 2.39. The zero-order valence-electron chi connectivity index (χ0n) is 8.40. The molecule has 0 amide bonds. The van der Waals surface area contributed by atoms with E-state index in [1.54, 1.807) is 11.3 Å². The van der Waals surface area contributed by atoms with E-state index >= 15 is 0 Å². The summed E-state index contributed by atoms with van der Waals surface area (Å²) >= 11 is 1.65. The van der Waals surface area contributed by atoms with Crippen LogP contribution in [0.15, 0.2) is 10.9 Å². The largest absolute Gasteiger partial charge is 0.380 e. The Morgan fingerprint density at radius 2 is 2.64 bits per heavy atom. The molecule has 1 N–H and O–H groups in total. The highest BCUT2D eigenvalue weighted by Crippen LogP contribution is 2.15. The molecule has 2 rings (SSSR count). The van der Waals surface area contributed by atoms with Gasteiger partial charge in [0.05, 0.1) is 17.8 Å². The second kappa shape index (κ2) is 4.87. The minimum atomic E-state index is 0.341. The van der Waals surface area contributed by atoms with E-state index in [1.807, 2.05) is 5.51 Å². The fraction of sp³-hybridized carbons (Fsp3) is 0.700. The van der Waals surface area contributed by atoms with Crippen LogP contribution < -0.4 is 5.32 Å². The number of nitrogens with one attached hydrogen (secondary N) is 1. The summed E-state index contributed by atoms with van der Waals surface area (Å²) in [5.41, 5.74) is 3.02. The van der Waals surface area contributed by atoms with E-state index in [9.17, 15) is 0 Å². The molecule has 0 saturated carbocycles. The fourth-order valence-electron chi connectivity index (χ4n) is 1.75. The van der Waals surface area contributed by atoms with Crippen molar-refractivity contribution in [2.75, 3.05) is 13.2 Å². The number of aromatic nitrogens is 1. The molecule has 1 aromatic heterocycles. The van der Waals surface area contributed by atoms with Crippen LogP contribution in [0.3, 0.4) is 0 Å². The molecule has 0 radical (unpaired) electrons. The molecule has 1 aliphatic rings. The first-order valence-corrected chi connectivity index (χ1v) is 6.02. The lowest BCUT2D eigenvalue weighted by Gasteiger charge is -2.26. The number of nitrogens with zero attached hydrogens (tertiary/aromatic N) is 1. The zero-order chi connectivity index (χ0) is 9.80. The Bertz CT molecular complexity index is 257. The topological polar surface area (TPSA) is 34.1 Å². The van der Waals surface area contributed by atoms with Crippen molar-refractivity contribution in [3.63, 3.8) is 0 Å². The Kier molecular flexibility index (Phi) is 3.50. The van der Waals surface area contributed by atoms with Gasteiger partial charge in [-0.25, -0.2) is 4.98 Å². The van der Waals surface area contributed by atoms with Crippen molar-refractivity contribution in [2.45, 2.75) is 31.8 Å². The van der Waals surface area contributed by atoms with E-state index in [2.05, 4.69) is 22.6 Å². The first-order chi connectivity index (χ1) is 6.86. The normalized spacial score (nSPS) is 24.8. The van der Waals surface area contributed by atoms with Crippen LogP contribution in [0, 0.1) is 0 Å². The monoisotopic (exact) mass is 212 g/mol. The lowest BCUT2D eigenvalue weighted by atomic mass is 10.1. The highest BCUT2D eigenvalue weighted by Gasteiger charge is 2.17. The molecule has 0 spiro atoms. The van der Waals surface area contributed by atoms with E-state index in [4.69, 9.17) is 4.74 Å². The summed E-state index contributed by atoms with van der Waals surface area (Å²) < 4.78 is 5.42. The lowest BCUT2D eigenvalue weighted by Crippen LogP contribution is -2.38. The maximum atomic E-state index is 5.42. The Labute approximate surface area is 88.5 Å². The lowest BCUT2D eigenvalue weighted by molar-refractivity contribution is 0.0669. The highest BCUT2D eigenvalue weighted by atomic mass is 32.1. The van der Waals surface area contributed by atoms with E-state index in [-0.39, 0.29) is 0 Å². The molecule has 2 heterocycles. The molecule has 4 heteroatoms. The van der Waals surface area contributed by atoms with Gasteiger partial charge >= 0.3 is 0 Å². The van der Waals surface area contributed by atoms with Crippen LogP contribution in [0.25, 0.3) is 0 Å². The molecular formula is C10H16N2OS. The molecule has 1 aromatic rings. The summed E-state index contributed by atoms with van der Waals surface area (Å²) in [6.45, 7) is 3.92. The van der Waals surface area contributed by atoms with Gasteiger partial charge in [-0.1, -0.05) is 0 Å². The number of thiazole rings is 1. The van der Waals surface area contributed by atoms with Gasteiger partial charge in [-0.2, -0.15) is 0 Å². The third-order valence-corrected chi connectivity index (χ3v) is 3.15. The van der Waals surface area contributed by atoms with Crippen LogP contribution in [-0.4, -0.2) is 24.2 Å². The standard InChI is InChI=1S/C10H16N2OS/c1-8(10-6-14-7-11-10)12-9-3-2-4-13-5-9/h6-9,12H,2-5H2,1H3. The molecule has 3 nitrogen and oxygen atoms in total. The zero-order valence-corrected chi connectivity index (χ0v) is 9.22. The van der Waals surface area contributed by atoms with Crippen molar-refractivity contribution >= 4 is 11.3 Å². The summed E-state index contributed by atoms with van der Waals surface area (Å²) in [6, 6.07) is 0.841. The Balaban J connectivity index is 1.84. The molecule has 14 heavy (non-hydrogen) atoms. The average molecular weight is 212 g/mol. The highest BCUT2D eigenvalue weighted by molar-refractivity contribution is 7.07. The molecule has 78 valence electrons. The van der Waals surface area contributed by atoms with Gasteiger partial charge in [0.1, 0.15) is 0 Å². The number of hydrogen-bond donors (Lipinski definition) is 1. The first-order valence-electron chi connectivity index (χ1n) is 5.08. The van der Waals surface area contributed by atoms with Gasteiger partial charge in [0.25, 0.3) is 0 Å². The van der Waals surface area contributed by atoms with Gasteiger partial charge in [0.2, 0.25) is 0 Å². The van der Waals surface area contributed by atoms with Crippen LogP contribution in [0.1, 0.15) is 31.5 Å². The SMILES string of the molecule is CC(NC1CCCOC1)c1cscn1. The number of hydrogen-bond acceptors (Lipinski definition) is 4. The van der Waals surface area contributed by atoms with Gasteiger partial charge < -0.3 is 10.1 Å². The second-order valence-electron chi connectivity index (χ2n) is 3.72. The molecule has 2 unspecified atom stereocenters. The van der Waals surface area contributed by atoms with Crippen LogP contribution in [-0.2, 0) is 4.74 Å². The Hall–Kier alpha value is -0.450. The summed E-state index contributed by atoms with van der Waals surface area (Å²) in [5.74, 6) is 0. The van der Waals surface area contributed by atoms with Crippen molar-refractivity contribution in [3.8, 4) is 0 Å². The summed E-state index contributed by atoms with van der Waals surface area (Å²) in [4.78, 5) is 4.30. The summed E-state index contributed by atoms with van der Waals surface area (Å²) in [6.07, 6.45) is 2.38. The first kappa shape index (κ1) is 10.1. The van der Waals surface area contributed by atoms with Crippen molar-refractivity contribution in [1.82, 2.24) is 10.3 Å². The molecule has 0 aromatic carbocycles. The smallest absolute Gasteiger partial charge is 0.0795 e. The summed E-state index contributed by atoms with van der Waals surface area (Å²) in [5, 5.41) is 5.64. The van der Waals surface area contributed by atoms with Crippen LogP contribution in [0.5, 0.6) is 0 Å². The molecule has 1 saturated heterocycles. The van der Waals surface area contributed by atoms with Gasteiger partial charge in [0, 0.05) is 24.1 Å². The predicted molar refractivity (Wildman–Crippen MR) is 57.5 cm³/mol. The Morgan fingerprint density at radius 1 is 1.71 bits per heavy atom. The van der Waals surface area contributed by atoms with Crippen LogP contribution in [0.4, 0.5) is 0 Å². The van der Waals surface area contributed by atoms with Gasteiger partial charge in [-0.15, -0.1) is 11.3 Å². The molecule has 0 bridgehead atoms. The molecule has 1 fully saturated rings. The minimum Gasteiger partial charge on any atom is -0.380 e. The number of rotatable bonds is 3. The van der Waals surface area contributed by atoms with Gasteiger partial charge in [-0.3, -0.25) is 0 Å². The molecule has 2 atom stereocenters. The minimum absolute atomic E-state index is 0.341. The van der Waals surface area contributed by atoms with E-state index in [0.717, 1.165) is 18.9 Å². The maximum absolute atomic E-state index is 5.42. The molecular weight excluding hydrogens is 196 g/mol. The molecule has 0 aliphatic carbocycles. The van der Waals surface area contributed by atoms with Gasteiger partial charge in [-0.05, 0) is 19.8 Å². The van der Waals surface area contributed by atoms with Crippen molar-refractivity contribution in [1.29, 1.82) is 0 Å². The second-order valence-corrected chi connectivity index (χ2v) is 4.43. The van der Waals surface area contributed by atoms with Crippen molar-refractivity contribution in [3.05, 3.63) is 16.6 Å². The maximum Gasteiger partial charge on any atom is 0.0795 e. The van der Waals surface area contributed by atoms with Crippen LogP contribution in [0.2, 0.25) is 0 Å². The summed E-state index contributed by atoms with van der Waals surface area (Å²) in [7, 11) is 0. The van der Waals surface area contributed by atoms with Gasteiger partial charge in [0.15, 0.2) is 0 Å². The predicted octanol–water partition coefficient (Wildman–Crippen LogP) is 1.97. The third-order valence-electron chi connectivity index (χ3n) is 2.54. The molecule has 1 aliphatic heterocycles.